The van der Waals surface area contributed by atoms with Gasteiger partial charge in [-0.2, -0.15) is 0 Å². The second-order valence-electron chi connectivity index (χ2n) is 6.67. The van der Waals surface area contributed by atoms with Crippen LogP contribution in [0.2, 0.25) is 0 Å². The summed E-state index contributed by atoms with van der Waals surface area (Å²) in [5.41, 5.74) is 4.61. The van der Waals surface area contributed by atoms with Gasteiger partial charge in [0.15, 0.2) is 0 Å². The predicted molar refractivity (Wildman–Crippen MR) is 89.4 cm³/mol. The fourth-order valence-electron chi connectivity index (χ4n) is 4.32. The molecule has 2 aromatic rings. The lowest BCUT2D eigenvalue weighted by Crippen LogP contribution is -2.44. The third-order valence-corrected chi connectivity index (χ3v) is 5.48. The molecule has 1 fully saturated rings. The van der Waals surface area contributed by atoms with E-state index in [1.807, 2.05) is 0 Å². The van der Waals surface area contributed by atoms with Gasteiger partial charge in [0.1, 0.15) is 5.75 Å². The van der Waals surface area contributed by atoms with Gasteiger partial charge in [-0.05, 0) is 41.7 Å². The molecule has 1 atom stereocenters. The molecule has 0 aromatic heterocycles. The largest absolute Gasteiger partial charge is 0.497 e. The Morgan fingerprint density at radius 2 is 1.82 bits per heavy atom. The van der Waals surface area contributed by atoms with E-state index < -0.39 is 0 Å². The number of ether oxygens (including phenoxy) is 1. The molecular formula is C20H23NO. The molecule has 2 heteroatoms. The number of fused-ring (bicyclic) bond motifs is 2. The Kier molecular flexibility index (Phi) is 3.42. The summed E-state index contributed by atoms with van der Waals surface area (Å²) < 4.78 is 5.50. The molecule has 2 aromatic carbocycles. The van der Waals surface area contributed by atoms with Crippen molar-refractivity contribution < 1.29 is 4.74 Å². The van der Waals surface area contributed by atoms with Crippen LogP contribution in [0.3, 0.4) is 0 Å². The molecule has 2 nitrogen and oxygen atoms in total. The number of hydrogen-bond donors (Lipinski definition) is 1. The summed E-state index contributed by atoms with van der Waals surface area (Å²) in [6.45, 7) is 1.08. The van der Waals surface area contributed by atoms with E-state index in [2.05, 4.69) is 53.8 Å². The van der Waals surface area contributed by atoms with E-state index in [9.17, 15) is 0 Å². The second kappa shape index (κ2) is 5.44. The average Bonchev–Trinajstić information content (AvgIpc) is 3.05. The summed E-state index contributed by atoms with van der Waals surface area (Å²) in [6, 6.07) is 17.7. The highest BCUT2D eigenvalue weighted by molar-refractivity contribution is 5.48. The maximum atomic E-state index is 5.50. The number of methoxy groups -OCH3 is 1. The van der Waals surface area contributed by atoms with Gasteiger partial charge in [0.2, 0.25) is 0 Å². The smallest absolute Gasteiger partial charge is 0.119 e. The number of benzene rings is 2. The lowest BCUT2D eigenvalue weighted by Gasteiger charge is -2.41. The first-order chi connectivity index (χ1) is 10.8. The van der Waals surface area contributed by atoms with Gasteiger partial charge in [0, 0.05) is 12.0 Å². The summed E-state index contributed by atoms with van der Waals surface area (Å²) >= 11 is 0. The summed E-state index contributed by atoms with van der Waals surface area (Å²) in [6.07, 6.45) is 5.27. The van der Waals surface area contributed by atoms with Crippen molar-refractivity contribution in [2.75, 3.05) is 13.7 Å². The zero-order valence-electron chi connectivity index (χ0n) is 13.1. The summed E-state index contributed by atoms with van der Waals surface area (Å²) in [7, 11) is 1.76. The molecule has 1 heterocycles. The fraction of sp³-hybridized carbons (Fsp3) is 0.400. The van der Waals surface area contributed by atoms with Crippen molar-refractivity contribution in [1.29, 1.82) is 0 Å². The molecule has 1 saturated carbocycles. The Hall–Kier alpha value is -1.80. The lowest BCUT2D eigenvalue weighted by atomic mass is 9.71. The van der Waals surface area contributed by atoms with E-state index in [4.69, 9.17) is 4.74 Å². The third kappa shape index (κ3) is 2.14. The van der Waals surface area contributed by atoms with Gasteiger partial charge < -0.3 is 10.1 Å². The predicted octanol–water partition coefficient (Wildman–Crippen LogP) is 4.20. The Bertz CT molecular complexity index is 659. The van der Waals surface area contributed by atoms with Crippen LogP contribution < -0.4 is 10.1 Å². The van der Waals surface area contributed by atoms with Crippen LogP contribution in [0.25, 0.3) is 0 Å². The molecule has 22 heavy (non-hydrogen) atoms. The lowest BCUT2D eigenvalue weighted by molar-refractivity contribution is 0.352. The van der Waals surface area contributed by atoms with Crippen molar-refractivity contribution in [3.05, 3.63) is 65.2 Å². The van der Waals surface area contributed by atoms with E-state index in [0.717, 1.165) is 12.3 Å². The van der Waals surface area contributed by atoms with Crippen LogP contribution in [0.5, 0.6) is 5.75 Å². The molecule has 1 unspecified atom stereocenters. The van der Waals surface area contributed by atoms with Gasteiger partial charge in [-0.15, -0.1) is 0 Å². The molecule has 1 spiro atoms. The molecule has 0 bridgehead atoms. The van der Waals surface area contributed by atoms with Crippen molar-refractivity contribution >= 4 is 0 Å². The maximum absolute atomic E-state index is 5.50. The SMILES string of the molecule is COc1ccc2c(c1)C1(CCCC1)CNC2c1ccccc1. The van der Waals surface area contributed by atoms with Crippen LogP contribution in [0.4, 0.5) is 0 Å². The van der Waals surface area contributed by atoms with E-state index in [0.29, 0.717) is 11.5 Å². The minimum Gasteiger partial charge on any atom is -0.497 e. The van der Waals surface area contributed by atoms with Crippen LogP contribution in [-0.2, 0) is 5.41 Å². The van der Waals surface area contributed by atoms with Crippen LogP contribution >= 0.6 is 0 Å². The van der Waals surface area contributed by atoms with E-state index >= 15 is 0 Å². The Labute approximate surface area is 132 Å². The highest BCUT2D eigenvalue weighted by Crippen LogP contribution is 2.48. The van der Waals surface area contributed by atoms with Gasteiger partial charge in [-0.25, -0.2) is 0 Å². The maximum Gasteiger partial charge on any atom is 0.119 e. The Balaban J connectivity index is 1.84. The fourth-order valence-corrected chi connectivity index (χ4v) is 4.32. The molecule has 4 rings (SSSR count). The average molecular weight is 293 g/mol. The van der Waals surface area contributed by atoms with Crippen molar-refractivity contribution in [2.45, 2.75) is 37.1 Å². The molecule has 1 N–H and O–H groups in total. The van der Waals surface area contributed by atoms with Crippen LogP contribution in [0, 0.1) is 0 Å². The van der Waals surface area contributed by atoms with Gasteiger partial charge in [0.25, 0.3) is 0 Å². The highest BCUT2D eigenvalue weighted by Gasteiger charge is 2.42. The topological polar surface area (TPSA) is 21.3 Å². The van der Waals surface area contributed by atoms with Gasteiger partial charge in [-0.1, -0.05) is 49.2 Å². The summed E-state index contributed by atoms with van der Waals surface area (Å²) in [5, 5.41) is 3.82. The van der Waals surface area contributed by atoms with Crippen molar-refractivity contribution in [1.82, 2.24) is 5.32 Å². The molecular weight excluding hydrogens is 270 g/mol. The van der Waals surface area contributed by atoms with Crippen LogP contribution in [0.15, 0.2) is 48.5 Å². The summed E-state index contributed by atoms with van der Waals surface area (Å²) in [5.74, 6) is 0.985. The van der Waals surface area contributed by atoms with Gasteiger partial charge in [-0.3, -0.25) is 0 Å². The van der Waals surface area contributed by atoms with Gasteiger partial charge in [0.05, 0.1) is 13.2 Å². The molecule has 1 aliphatic carbocycles. The molecule has 1 aliphatic heterocycles. The van der Waals surface area contributed by atoms with E-state index in [-0.39, 0.29) is 0 Å². The molecule has 0 saturated heterocycles. The number of nitrogens with one attached hydrogen (secondary N) is 1. The second-order valence-corrected chi connectivity index (χ2v) is 6.67. The normalized spacial score (nSPS) is 22.5. The standard InChI is InChI=1S/C20H23NO/c1-22-16-9-10-17-18(13-16)20(11-5-6-12-20)14-21-19(17)15-7-3-2-4-8-15/h2-4,7-10,13,19,21H,5-6,11-12,14H2,1H3. The Morgan fingerprint density at radius 3 is 2.55 bits per heavy atom. The molecule has 0 radical (unpaired) electrons. The van der Waals surface area contributed by atoms with Crippen molar-refractivity contribution in [2.24, 2.45) is 0 Å². The Morgan fingerprint density at radius 1 is 1.05 bits per heavy atom. The first-order valence-corrected chi connectivity index (χ1v) is 8.29. The monoisotopic (exact) mass is 293 g/mol. The molecule has 2 aliphatic rings. The minimum atomic E-state index is 0.299. The number of rotatable bonds is 2. The van der Waals surface area contributed by atoms with Crippen molar-refractivity contribution in [3.8, 4) is 5.75 Å². The van der Waals surface area contributed by atoms with Crippen LogP contribution in [-0.4, -0.2) is 13.7 Å². The summed E-state index contributed by atoms with van der Waals surface area (Å²) in [4.78, 5) is 0. The highest BCUT2D eigenvalue weighted by atomic mass is 16.5. The quantitative estimate of drug-likeness (QED) is 0.896. The first kappa shape index (κ1) is 13.8. The van der Waals surface area contributed by atoms with Gasteiger partial charge >= 0.3 is 0 Å². The number of hydrogen-bond acceptors (Lipinski definition) is 2. The van der Waals surface area contributed by atoms with E-state index in [1.54, 1.807) is 7.11 Å². The van der Waals surface area contributed by atoms with Crippen LogP contribution in [0.1, 0.15) is 48.4 Å². The van der Waals surface area contributed by atoms with Crippen molar-refractivity contribution in [3.63, 3.8) is 0 Å². The first-order valence-electron chi connectivity index (χ1n) is 8.29. The minimum absolute atomic E-state index is 0.299. The molecule has 0 amide bonds. The third-order valence-electron chi connectivity index (χ3n) is 5.48. The van der Waals surface area contributed by atoms with E-state index in [1.165, 1.54) is 42.4 Å². The zero-order chi connectivity index (χ0) is 15.0. The molecule has 114 valence electrons. The zero-order valence-corrected chi connectivity index (χ0v) is 13.1.